The van der Waals surface area contributed by atoms with Gasteiger partial charge in [-0.3, -0.25) is 9.78 Å². The van der Waals surface area contributed by atoms with Gasteiger partial charge in [0.05, 0.1) is 0 Å². The van der Waals surface area contributed by atoms with E-state index in [9.17, 15) is 18.4 Å². The average Bonchev–Trinajstić information content (AvgIpc) is 2.91. The summed E-state index contributed by atoms with van der Waals surface area (Å²) >= 11 is 0. The lowest BCUT2D eigenvalue weighted by Gasteiger charge is -2.28. The number of aryl methyl sites for hydroxylation is 1. The smallest absolute Gasteiger partial charge is 0.328 e. The highest BCUT2D eigenvalue weighted by Gasteiger charge is 2.45. The van der Waals surface area contributed by atoms with E-state index >= 15 is 0 Å². The van der Waals surface area contributed by atoms with Gasteiger partial charge in [-0.1, -0.05) is 11.6 Å². The minimum Gasteiger partial charge on any atom is -0.338 e. The van der Waals surface area contributed by atoms with E-state index in [0.717, 1.165) is 4.57 Å². The molecule has 0 spiro atoms. The molecule has 7 nitrogen and oxygen atoms in total. The SMILES string of the molecule is Cn1cc(-c2noc(C3CCCCC3(F)F)n2)c(=O)[nH]c1=O. The molecule has 1 N–H and O–H groups in total. The number of rotatable bonds is 2. The van der Waals surface area contributed by atoms with Gasteiger partial charge in [-0.15, -0.1) is 0 Å². The molecule has 1 aliphatic rings. The molecular formula is C13H14F2N4O3. The first-order chi connectivity index (χ1) is 10.4. The van der Waals surface area contributed by atoms with Crippen LogP contribution in [-0.4, -0.2) is 25.6 Å². The molecule has 1 atom stereocenters. The second-order valence-electron chi connectivity index (χ2n) is 5.43. The summed E-state index contributed by atoms with van der Waals surface area (Å²) in [5, 5.41) is 3.60. The highest BCUT2D eigenvalue weighted by molar-refractivity contribution is 5.50. The van der Waals surface area contributed by atoms with Crippen LogP contribution in [0.2, 0.25) is 0 Å². The van der Waals surface area contributed by atoms with Crippen LogP contribution >= 0.6 is 0 Å². The van der Waals surface area contributed by atoms with Crippen molar-refractivity contribution in [3.05, 3.63) is 32.9 Å². The highest BCUT2D eigenvalue weighted by Crippen LogP contribution is 2.44. The van der Waals surface area contributed by atoms with Crippen molar-refractivity contribution in [2.75, 3.05) is 0 Å². The van der Waals surface area contributed by atoms with Crippen molar-refractivity contribution < 1.29 is 13.3 Å². The molecule has 0 bridgehead atoms. The third-order valence-corrected chi connectivity index (χ3v) is 3.85. The lowest BCUT2D eigenvalue weighted by Crippen LogP contribution is -2.30. The number of hydrogen-bond donors (Lipinski definition) is 1. The number of hydrogen-bond acceptors (Lipinski definition) is 5. The number of alkyl halides is 2. The minimum absolute atomic E-state index is 0.00349. The summed E-state index contributed by atoms with van der Waals surface area (Å²) in [6, 6.07) is 0. The Kier molecular flexibility index (Phi) is 3.42. The van der Waals surface area contributed by atoms with E-state index in [2.05, 4.69) is 15.1 Å². The summed E-state index contributed by atoms with van der Waals surface area (Å²) in [5.74, 6) is -4.30. The molecule has 118 valence electrons. The normalized spacial score (nSPS) is 21.0. The van der Waals surface area contributed by atoms with Crippen LogP contribution in [0.25, 0.3) is 11.4 Å². The van der Waals surface area contributed by atoms with E-state index in [1.165, 1.54) is 13.2 Å². The molecule has 1 unspecified atom stereocenters. The summed E-state index contributed by atoms with van der Waals surface area (Å²) < 4.78 is 33.9. The van der Waals surface area contributed by atoms with Crippen molar-refractivity contribution in [3.63, 3.8) is 0 Å². The predicted octanol–water partition coefficient (Wildman–Crippen LogP) is 1.42. The summed E-state index contributed by atoms with van der Waals surface area (Å²) in [5.41, 5.74) is -1.28. The third kappa shape index (κ3) is 2.46. The topological polar surface area (TPSA) is 93.8 Å². The van der Waals surface area contributed by atoms with Crippen molar-refractivity contribution in [2.24, 2.45) is 7.05 Å². The molecule has 1 aliphatic carbocycles. The molecule has 2 aromatic heterocycles. The zero-order valence-corrected chi connectivity index (χ0v) is 11.8. The van der Waals surface area contributed by atoms with Crippen molar-refractivity contribution in [3.8, 4) is 11.4 Å². The summed E-state index contributed by atoms with van der Waals surface area (Å²) in [7, 11) is 1.44. The number of H-pyrrole nitrogens is 1. The van der Waals surface area contributed by atoms with E-state index in [1.54, 1.807) is 0 Å². The molecule has 1 fully saturated rings. The number of nitrogens with one attached hydrogen (secondary N) is 1. The fourth-order valence-electron chi connectivity index (χ4n) is 2.61. The Morgan fingerprint density at radius 1 is 1.41 bits per heavy atom. The second-order valence-corrected chi connectivity index (χ2v) is 5.43. The quantitative estimate of drug-likeness (QED) is 0.905. The maximum absolute atomic E-state index is 13.9. The van der Waals surface area contributed by atoms with Crippen molar-refractivity contribution >= 4 is 0 Å². The van der Waals surface area contributed by atoms with Crippen LogP contribution < -0.4 is 11.2 Å². The van der Waals surface area contributed by atoms with Gasteiger partial charge in [0.15, 0.2) is 0 Å². The van der Waals surface area contributed by atoms with Crippen LogP contribution in [0.15, 0.2) is 20.3 Å². The van der Waals surface area contributed by atoms with Crippen LogP contribution in [0.5, 0.6) is 0 Å². The lowest BCUT2D eigenvalue weighted by atomic mass is 9.85. The van der Waals surface area contributed by atoms with Crippen molar-refractivity contribution in [1.29, 1.82) is 0 Å². The summed E-state index contributed by atoms with van der Waals surface area (Å²) in [4.78, 5) is 29.1. The Morgan fingerprint density at radius 2 is 2.18 bits per heavy atom. The Hall–Kier alpha value is -2.32. The number of nitrogens with zero attached hydrogens (tertiary/aromatic N) is 3. The number of halogens is 2. The Morgan fingerprint density at radius 3 is 2.91 bits per heavy atom. The Labute approximate surface area is 123 Å². The molecule has 0 saturated heterocycles. The van der Waals surface area contributed by atoms with Gasteiger partial charge in [0.1, 0.15) is 11.5 Å². The van der Waals surface area contributed by atoms with E-state index in [-0.39, 0.29) is 30.1 Å². The predicted molar refractivity (Wildman–Crippen MR) is 71.8 cm³/mol. The van der Waals surface area contributed by atoms with Gasteiger partial charge in [-0.2, -0.15) is 4.98 Å². The molecule has 3 rings (SSSR count). The van der Waals surface area contributed by atoms with Gasteiger partial charge in [0, 0.05) is 19.7 Å². The zero-order chi connectivity index (χ0) is 15.9. The van der Waals surface area contributed by atoms with E-state index in [4.69, 9.17) is 4.52 Å². The molecule has 0 amide bonds. The largest absolute Gasteiger partial charge is 0.338 e. The van der Waals surface area contributed by atoms with Crippen LogP contribution in [0, 0.1) is 0 Å². The summed E-state index contributed by atoms with van der Waals surface area (Å²) in [6.07, 6.45) is 2.42. The molecule has 2 aromatic rings. The summed E-state index contributed by atoms with van der Waals surface area (Å²) in [6.45, 7) is 0. The average molecular weight is 312 g/mol. The second kappa shape index (κ2) is 5.15. The van der Waals surface area contributed by atoms with Gasteiger partial charge in [0.2, 0.25) is 11.7 Å². The molecular weight excluding hydrogens is 298 g/mol. The number of aromatic amines is 1. The first-order valence-corrected chi connectivity index (χ1v) is 6.90. The van der Waals surface area contributed by atoms with Gasteiger partial charge in [-0.25, -0.2) is 13.6 Å². The molecule has 2 heterocycles. The van der Waals surface area contributed by atoms with Crippen molar-refractivity contribution in [1.82, 2.24) is 19.7 Å². The van der Waals surface area contributed by atoms with Crippen LogP contribution in [0.4, 0.5) is 8.78 Å². The zero-order valence-electron chi connectivity index (χ0n) is 11.8. The van der Waals surface area contributed by atoms with Crippen molar-refractivity contribution in [2.45, 2.75) is 37.5 Å². The van der Waals surface area contributed by atoms with Crippen LogP contribution in [-0.2, 0) is 7.05 Å². The monoisotopic (exact) mass is 312 g/mol. The highest BCUT2D eigenvalue weighted by atomic mass is 19.3. The maximum Gasteiger partial charge on any atom is 0.328 e. The Balaban J connectivity index is 1.99. The van der Waals surface area contributed by atoms with Gasteiger partial charge >= 0.3 is 5.69 Å². The van der Waals surface area contributed by atoms with Gasteiger partial charge < -0.3 is 9.09 Å². The molecule has 0 radical (unpaired) electrons. The van der Waals surface area contributed by atoms with Gasteiger partial charge in [-0.05, 0) is 12.8 Å². The first kappa shape index (κ1) is 14.6. The Bertz CT molecular complexity index is 808. The molecule has 22 heavy (non-hydrogen) atoms. The molecule has 9 heteroatoms. The molecule has 0 aromatic carbocycles. The fraction of sp³-hybridized carbons (Fsp3) is 0.538. The standard InChI is InChI=1S/C13H14F2N4O3/c1-19-6-7(10(20)17-12(19)21)9-16-11(22-18-9)8-4-2-3-5-13(8,14)15/h6,8H,2-5H2,1H3,(H,17,20,21). The van der Waals surface area contributed by atoms with E-state index < -0.39 is 23.1 Å². The minimum atomic E-state index is -2.89. The van der Waals surface area contributed by atoms with Crippen LogP contribution in [0.1, 0.15) is 37.5 Å². The number of aromatic nitrogens is 4. The first-order valence-electron chi connectivity index (χ1n) is 6.90. The molecule has 0 aliphatic heterocycles. The fourth-order valence-corrected chi connectivity index (χ4v) is 2.61. The van der Waals surface area contributed by atoms with Crippen LogP contribution in [0.3, 0.4) is 0 Å². The van der Waals surface area contributed by atoms with E-state index in [1.807, 2.05) is 0 Å². The van der Waals surface area contributed by atoms with E-state index in [0.29, 0.717) is 12.8 Å². The maximum atomic E-state index is 13.9. The lowest BCUT2D eigenvalue weighted by molar-refractivity contribution is -0.0630. The third-order valence-electron chi connectivity index (χ3n) is 3.85. The van der Waals surface area contributed by atoms with Gasteiger partial charge in [0.25, 0.3) is 11.5 Å². The molecule has 1 saturated carbocycles.